The van der Waals surface area contributed by atoms with Gasteiger partial charge >= 0.3 is 0 Å². The molecule has 0 saturated carbocycles. The van der Waals surface area contributed by atoms with Gasteiger partial charge in [0.25, 0.3) is 0 Å². The lowest BCUT2D eigenvalue weighted by Crippen LogP contribution is -2.59. The molecule has 170 valence electrons. The van der Waals surface area contributed by atoms with E-state index in [9.17, 15) is 14.6 Å². The molecule has 1 aliphatic rings. The first-order valence-electron chi connectivity index (χ1n) is 10.6. The first-order valence-corrected chi connectivity index (χ1v) is 10.6. The topological polar surface area (TPSA) is 65.4 Å². The summed E-state index contributed by atoms with van der Waals surface area (Å²) in [5.74, 6) is 0.990. The number of β-amino-alcohol motifs (C(OH)–C–C–N with tert-alkyl or cyclic N) is 1. The Morgan fingerprint density at radius 3 is 2.68 bits per heavy atom. The quantitative estimate of drug-likeness (QED) is 0.635. The molecule has 1 saturated heterocycles. The minimum absolute atomic E-state index is 0.0660. The minimum atomic E-state index is -1.40. The van der Waals surface area contributed by atoms with Crippen molar-refractivity contribution < 1.29 is 24.1 Å². The highest BCUT2D eigenvalue weighted by atomic mass is 19.1. The second-order valence-corrected chi connectivity index (χ2v) is 8.62. The number of aliphatic hydroxyl groups excluding tert-OH is 1. The summed E-state index contributed by atoms with van der Waals surface area (Å²) >= 11 is 0. The second-order valence-electron chi connectivity index (χ2n) is 8.62. The molecule has 1 aliphatic heterocycles. The lowest BCUT2D eigenvalue weighted by Gasteiger charge is -2.42. The number of nitrogens with zero attached hydrogens (tertiary/aromatic N) is 2. The van der Waals surface area contributed by atoms with E-state index in [4.69, 9.17) is 9.47 Å². The SMILES string of the molecule is Cc1cc(OC[C@@]2(O)CN(Cc3cccc(OCCN(C)C)c3)CC[C@@H]2O)ccc1F. The highest BCUT2D eigenvalue weighted by Crippen LogP contribution is 2.26. The average Bonchev–Trinajstić information content (AvgIpc) is 2.72. The monoisotopic (exact) mass is 432 g/mol. The molecule has 0 bridgehead atoms. The van der Waals surface area contributed by atoms with Gasteiger partial charge in [0, 0.05) is 26.2 Å². The van der Waals surface area contributed by atoms with Crippen LogP contribution in [0.5, 0.6) is 11.5 Å². The van der Waals surface area contributed by atoms with Gasteiger partial charge in [-0.3, -0.25) is 4.90 Å². The molecule has 3 rings (SSSR count). The summed E-state index contributed by atoms with van der Waals surface area (Å²) in [6.07, 6.45) is -0.438. The third-order valence-electron chi connectivity index (χ3n) is 5.57. The fourth-order valence-electron chi connectivity index (χ4n) is 3.68. The Labute approximate surface area is 183 Å². The number of benzene rings is 2. The molecule has 7 heteroatoms. The summed E-state index contributed by atoms with van der Waals surface area (Å²) in [5.41, 5.74) is 0.152. The van der Waals surface area contributed by atoms with Crippen LogP contribution in [-0.2, 0) is 6.54 Å². The van der Waals surface area contributed by atoms with Gasteiger partial charge in [0.15, 0.2) is 0 Å². The number of ether oxygens (including phenoxy) is 2. The standard InChI is InChI=1S/C24H33FN2O4/c1-18-13-21(7-8-22(18)25)31-17-24(29)16-27(10-9-23(24)28)15-19-5-4-6-20(14-19)30-12-11-26(2)3/h4-8,13-14,23,28-29H,9-12,15-17H2,1-3H3/t23-,24-/m0/s1. The maximum atomic E-state index is 13.5. The molecular weight excluding hydrogens is 399 g/mol. The minimum Gasteiger partial charge on any atom is -0.492 e. The molecule has 2 aromatic carbocycles. The highest BCUT2D eigenvalue weighted by molar-refractivity contribution is 5.29. The van der Waals surface area contributed by atoms with Crippen LogP contribution in [0.2, 0.25) is 0 Å². The zero-order valence-corrected chi connectivity index (χ0v) is 18.6. The van der Waals surface area contributed by atoms with Crippen molar-refractivity contribution in [1.82, 2.24) is 9.80 Å². The van der Waals surface area contributed by atoms with E-state index in [0.717, 1.165) is 17.9 Å². The third kappa shape index (κ3) is 6.64. The highest BCUT2D eigenvalue weighted by Gasteiger charge is 2.42. The summed E-state index contributed by atoms with van der Waals surface area (Å²) in [4.78, 5) is 4.17. The maximum absolute atomic E-state index is 13.5. The lowest BCUT2D eigenvalue weighted by molar-refractivity contribution is -0.140. The molecule has 1 heterocycles. The predicted molar refractivity (Wildman–Crippen MR) is 118 cm³/mol. The van der Waals surface area contributed by atoms with Crippen LogP contribution >= 0.6 is 0 Å². The van der Waals surface area contributed by atoms with Crippen LogP contribution < -0.4 is 9.47 Å². The molecule has 2 atom stereocenters. The molecule has 0 aliphatic carbocycles. The van der Waals surface area contributed by atoms with Crippen molar-refractivity contribution in [3.05, 3.63) is 59.4 Å². The Bertz CT molecular complexity index is 863. The molecule has 2 aromatic rings. The number of piperidine rings is 1. The predicted octanol–water partition coefficient (Wildman–Crippen LogP) is 2.45. The number of likely N-dealkylation sites (tertiary alicyclic amines) is 1. The normalized spacial score (nSPS) is 22.0. The zero-order valence-electron chi connectivity index (χ0n) is 18.6. The van der Waals surface area contributed by atoms with Gasteiger partial charge in [0.05, 0.1) is 6.10 Å². The van der Waals surface area contributed by atoms with Gasteiger partial charge < -0.3 is 24.6 Å². The fourth-order valence-corrected chi connectivity index (χ4v) is 3.68. The van der Waals surface area contributed by atoms with Gasteiger partial charge in [0.1, 0.15) is 36.1 Å². The van der Waals surface area contributed by atoms with Crippen molar-refractivity contribution in [2.45, 2.75) is 31.6 Å². The van der Waals surface area contributed by atoms with Gasteiger partial charge in [-0.25, -0.2) is 4.39 Å². The average molecular weight is 433 g/mol. The van der Waals surface area contributed by atoms with Crippen molar-refractivity contribution in [2.75, 3.05) is 46.9 Å². The molecule has 6 nitrogen and oxygen atoms in total. The Morgan fingerprint density at radius 2 is 1.94 bits per heavy atom. The van der Waals surface area contributed by atoms with Crippen molar-refractivity contribution >= 4 is 0 Å². The Hall–Kier alpha value is -2.19. The molecule has 0 aromatic heterocycles. The zero-order chi connectivity index (χ0) is 22.4. The molecule has 0 unspecified atom stereocenters. The van der Waals surface area contributed by atoms with Crippen molar-refractivity contribution in [3.63, 3.8) is 0 Å². The number of halogens is 1. The lowest BCUT2D eigenvalue weighted by atomic mass is 9.90. The van der Waals surface area contributed by atoms with Crippen LogP contribution in [0.4, 0.5) is 4.39 Å². The summed E-state index contributed by atoms with van der Waals surface area (Å²) < 4.78 is 25.0. The number of aliphatic hydroxyl groups is 2. The van der Waals surface area contributed by atoms with E-state index in [1.165, 1.54) is 12.1 Å². The number of aryl methyl sites for hydroxylation is 1. The number of hydrogen-bond donors (Lipinski definition) is 2. The van der Waals surface area contributed by atoms with E-state index < -0.39 is 11.7 Å². The van der Waals surface area contributed by atoms with Crippen molar-refractivity contribution in [2.24, 2.45) is 0 Å². The van der Waals surface area contributed by atoms with Crippen LogP contribution in [0.3, 0.4) is 0 Å². The largest absolute Gasteiger partial charge is 0.492 e. The van der Waals surface area contributed by atoms with Gasteiger partial charge in [0.2, 0.25) is 0 Å². The van der Waals surface area contributed by atoms with Crippen LogP contribution in [0.15, 0.2) is 42.5 Å². The molecule has 31 heavy (non-hydrogen) atoms. The van der Waals surface area contributed by atoms with E-state index in [-0.39, 0.29) is 19.0 Å². The van der Waals surface area contributed by atoms with E-state index in [2.05, 4.69) is 9.80 Å². The number of rotatable bonds is 9. The first-order chi connectivity index (χ1) is 14.7. The summed E-state index contributed by atoms with van der Waals surface area (Å²) in [6.45, 7) is 4.64. The Kier molecular flexibility index (Phi) is 7.89. The third-order valence-corrected chi connectivity index (χ3v) is 5.57. The first kappa shape index (κ1) is 23.5. The Morgan fingerprint density at radius 1 is 1.16 bits per heavy atom. The van der Waals surface area contributed by atoms with Crippen LogP contribution in [0.1, 0.15) is 17.5 Å². The summed E-state index contributed by atoms with van der Waals surface area (Å²) in [6, 6.07) is 12.4. The van der Waals surface area contributed by atoms with Gasteiger partial charge in [-0.1, -0.05) is 12.1 Å². The van der Waals surface area contributed by atoms with Gasteiger partial charge in [-0.15, -0.1) is 0 Å². The summed E-state index contributed by atoms with van der Waals surface area (Å²) in [7, 11) is 4.01. The van der Waals surface area contributed by atoms with E-state index in [1.54, 1.807) is 13.0 Å². The number of hydrogen-bond acceptors (Lipinski definition) is 6. The maximum Gasteiger partial charge on any atom is 0.137 e. The van der Waals surface area contributed by atoms with Crippen LogP contribution in [0, 0.1) is 12.7 Å². The second kappa shape index (κ2) is 10.4. The Balaban J connectivity index is 1.59. The van der Waals surface area contributed by atoms with Crippen LogP contribution in [-0.4, -0.2) is 78.7 Å². The van der Waals surface area contributed by atoms with Gasteiger partial charge in [-0.05, 0) is 68.9 Å². The van der Waals surface area contributed by atoms with Crippen molar-refractivity contribution in [3.8, 4) is 11.5 Å². The van der Waals surface area contributed by atoms with E-state index in [0.29, 0.717) is 37.4 Å². The van der Waals surface area contributed by atoms with E-state index >= 15 is 0 Å². The molecule has 0 spiro atoms. The molecule has 0 radical (unpaired) electrons. The summed E-state index contributed by atoms with van der Waals surface area (Å²) in [5, 5.41) is 21.5. The van der Waals surface area contributed by atoms with Gasteiger partial charge in [-0.2, -0.15) is 0 Å². The number of likely N-dealkylation sites (N-methyl/N-ethyl adjacent to an activating group) is 1. The molecule has 2 N–H and O–H groups in total. The molecule has 0 amide bonds. The van der Waals surface area contributed by atoms with E-state index in [1.807, 2.05) is 38.4 Å². The molecule has 1 fully saturated rings. The molecular formula is C24H33FN2O4. The fraction of sp³-hybridized carbons (Fsp3) is 0.500. The van der Waals surface area contributed by atoms with Crippen LogP contribution in [0.25, 0.3) is 0 Å². The van der Waals surface area contributed by atoms with Crippen molar-refractivity contribution in [1.29, 1.82) is 0 Å². The smallest absolute Gasteiger partial charge is 0.137 e.